The normalized spacial score (nSPS) is 10.3. The lowest BCUT2D eigenvalue weighted by atomic mass is 10.1. The van der Waals surface area contributed by atoms with E-state index in [-0.39, 0.29) is 12.3 Å². The monoisotopic (exact) mass is 369 g/mol. The average Bonchev–Trinajstić information content (AvgIpc) is 3.08. The number of nitrogens with zero attached hydrogens (tertiary/aromatic N) is 3. The van der Waals surface area contributed by atoms with E-state index in [0.29, 0.717) is 34.7 Å². The summed E-state index contributed by atoms with van der Waals surface area (Å²) >= 11 is 0. The number of methoxy groups -OCH3 is 2. The summed E-state index contributed by atoms with van der Waals surface area (Å²) in [5.41, 5.74) is 0.790. The minimum Gasteiger partial charge on any atom is -0.493 e. The van der Waals surface area contributed by atoms with Gasteiger partial charge in [0, 0.05) is 6.07 Å². The molecule has 0 aliphatic carbocycles. The predicted octanol–water partition coefficient (Wildman–Crippen LogP) is 2.72. The third kappa shape index (κ3) is 4.72. The Balaban J connectivity index is 1.59. The molecule has 27 heavy (non-hydrogen) atoms. The molecule has 1 amide bonds. The lowest BCUT2D eigenvalue weighted by Gasteiger charge is -2.09. The number of nitrogens with one attached hydrogen (secondary N) is 2. The molecule has 9 nitrogen and oxygen atoms in total. The first-order valence-electron chi connectivity index (χ1n) is 8.12. The van der Waals surface area contributed by atoms with E-state index in [2.05, 4.69) is 26.0 Å². The molecule has 2 N–H and O–H groups in total. The highest BCUT2D eigenvalue weighted by Crippen LogP contribution is 2.27. The van der Waals surface area contributed by atoms with Gasteiger partial charge >= 0.3 is 0 Å². The largest absolute Gasteiger partial charge is 0.493 e. The molecule has 9 heteroatoms. The fourth-order valence-electron chi connectivity index (χ4n) is 2.39. The quantitative estimate of drug-likeness (QED) is 0.654. The predicted molar refractivity (Wildman–Crippen MR) is 98.4 cm³/mol. The zero-order chi connectivity index (χ0) is 19.2. The van der Waals surface area contributed by atoms with Crippen LogP contribution in [0.3, 0.4) is 0 Å². The first kappa shape index (κ1) is 18.2. The molecule has 0 fully saturated rings. The lowest BCUT2D eigenvalue weighted by Crippen LogP contribution is -2.15. The van der Waals surface area contributed by atoms with E-state index in [1.165, 1.54) is 0 Å². The standard InChI is InChI=1S/C18H19N5O4/c1-11-8-17(23-27-11)19-15-6-7-16(22-21-15)20-18(24)10-12-4-5-13(25-2)14(9-12)26-3/h4-9H,10H2,1-3H3,(H,19,21,23)(H,20,22,24). The summed E-state index contributed by atoms with van der Waals surface area (Å²) in [6.45, 7) is 1.79. The number of hydrogen-bond acceptors (Lipinski definition) is 8. The smallest absolute Gasteiger partial charge is 0.229 e. The van der Waals surface area contributed by atoms with Gasteiger partial charge in [-0.1, -0.05) is 11.2 Å². The molecule has 0 radical (unpaired) electrons. The molecular formula is C18H19N5O4. The van der Waals surface area contributed by atoms with Crippen molar-refractivity contribution in [3.63, 3.8) is 0 Å². The van der Waals surface area contributed by atoms with Crippen LogP contribution in [0.5, 0.6) is 11.5 Å². The van der Waals surface area contributed by atoms with Crippen molar-refractivity contribution in [2.45, 2.75) is 13.3 Å². The molecule has 0 unspecified atom stereocenters. The molecule has 3 rings (SSSR count). The van der Waals surface area contributed by atoms with Gasteiger partial charge in [0.15, 0.2) is 29.0 Å². The molecule has 3 aromatic rings. The van der Waals surface area contributed by atoms with Crippen molar-refractivity contribution >= 4 is 23.4 Å². The van der Waals surface area contributed by atoms with Crippen molar-refractivity contribution in [2.75, 3.05) is 24.9 Å². The summed E-state index contributed by atoms with van der Waals surface area (Å²) in [5.74, 6) is 3.02. The van der Waals surface area contributed by atoms with Crippen molar-refractivity contribution in [1.29, 1.82) is 0 Å². The number of hydrogen-bond donors (Lipinski definition) is 2. The summed E-state index contributed by atoms with van der Waals surface area (Å²) in [5, 5.41) is 17.4. The van der Waals surface area contributed by atoms with Crippen LogP contribution in [-0.4, -0.2) is 35.5 Å². The number of aromatic nitrogens is 3. The van der Waals surface area contributed by atoms with Crippen LogP contribution in [0.4, 0.5) is 17.5 Å². The Labute approximate surface area is 155 Å². The number of carbonyl (C=O) groups is 1. The summed E-state index contributed by atoms with van der Waals surface area (Å²) in [4.78, 5) is 12.2. The highest BCUT2D eigenvalue weighted by molar-refractivity contribution is 5.91. The van der Waals surface area contributed by atoms with Gasteiger partial charge in [-0.15, -0.1) is 10.2 Å². The SMILES string of the molecule is COc1ccc(CC(=O)Nc2ccc(Nc3cc(C)on3)nn2)cc1OC. The van der Waals surface area contributed by atoms with Crippen LogP contribution in [0.25, 0.3) is 0 Å². The summed E-state index contributed by atoms with van der Waals surface area (Å²) in [7, 11) is 3.11. The molecule has 140 valence electrons. The van der Waals surface area contributed by atoms with Gasteiger partial charge in [0.05, 0.1) is 20.6 Å². The Morgan fingerprint density at radius 2 is 1.74 bits per heavy atom. The Morgan fingerprint density at radius 3 is 2.37 bits per heavy atom. The van der Waals surface area contributed by atoms with Crippen molar-refractivity contribution < 1.29 is 18.8 Å². The Morgan fingerprint density at radius 1 is 1.00 bits per heavy atom. The van der Waals surface area contributed by atoms with Gasteiger partial charge in [-0.25, -0.2) is 0 Å². The number of ether oxygens (including phenoxy) is 2. The van der Waals surface area contributed by atoms with E-state index >= 15 is 0 Å². The third-order valence-corrected chi connectivity index (χ3v) is 3.63. The Bertz CT molecular complexity index is 924. The Kier molecular flexibility index (Phi) is 5.50. The number of benzene rings is 1. The van der Waals surface area contributed by atoms with Gasteiger partial charge in [0.25, 0.3) is 0 Å². The minimum absolute atomic E-state index is 0.167. The van der Waals surface area contributed by atoms with E-state index in [1.807, 2.05) is 0 Å². The van der Waals surface area contributed by atoms with Crippen LogP contribution in [0, 0.1) is 6.92 Å². The van der Waals surface area contributed by atoms with Gasteiger partial charge in [-0.2, -0.15) is 0 Å². The second-order valence-electron chi connectivity index (χ2n) is 5.67. The van der Waals surface area contributed by atoms with E-state index in [1.54, 1.807) is 57.5 Å². The fourth-order valence-corrected chi connectivity index (χ4v) is 2.39. The number of anilines is 3. The molecule has 0 atom stereocenters. The number of carbonyl (C=O) groups excluding carboxylic acids is 1. The van der Waals surface area contributed by atoms with Crippen molar-refractivity contribution in [3.05, 3.63) is 47.7 Å². The highest BCUT2D eigenvalue weighted by Gasteiger charge is 2.10. The van der Waals surface area contributed by atoms with Crippen molar-refractivity contribution in [3.8, 4) is 11.5 Å². The molecule has 0 bridgehead atoms. The van der Waals surface area contributed by atoms with E-state index in [9.17, 15) is 4.79 Å². The molecule has 0 aliphatic heterocycles. The fraction of sp³-hybridized carbons (Fsp3) is 0.222. The van der Waals surface area contributed by atoms with Crippen LogP contribution in [0.1, 0.15) is 11.3 Å². The van der Waals surface area contributed by atoms with Gasteiger partial charge in [-0.05, 0) is 36.8 Å². The van der Waals surface area contributed by atoms with Crippen molar-refractivity contribution in [2.24, 2.45) is 0 Å². The third-order valence-electron chi connectivity index (χ3n) is 3.63. The molecule has 0 aliphatic rings. The molecule has 0 spiro atoms. The molecule has 2 heterocycles. The van der Waals surface area contributed by atoms with Crippen LogP contribution in [0.2, 0.25) is 0 Å². The topological polar surface area (TPSA) is 111 Å². The summed E-state index contributed by atoms with van der Waals surface area (Å²) < 4.78 is 15.4. The maximum atomic E-state index is 12.2. The van der Waals surface area contributed by atoms with Crippen LogP contribution in [-0.2, 0) is 11.2 Å². The highest BCUT2D eigenvalue weighted by atomic mass is 16.5. The molecular weight excluding hydrogens is 350 g/mol. The average molecular weight is 369 g/mol. The van der Waals surface area contributed by atoms with E-state index in [0.717, 1.165) is 5.56 Å². The second-order valence-corrected chi connectivity index (χ2v) is 5.67. The maximum absolute atomic E-state index is 12.2. The second kappa shape index (κ2) is 8.17. The molecule has 0 saturated carbocycles. The zero-order valence-corrected chi connectivity index (χ0v) is 15.1. The first-order chi connectivity index (χ1) is 13.1. The van der Waals surface area contributed by atoms with E-state index < -0.39 is 0 Å². The van der Waals surface area contributed by atoms with Crippen LogP contribution >= 0.6 is 0 Å². The van der Waals surface area contributed by atoms with Gasteiger partial charge < -0.3 is 24.6 Å². The number of amides is 1. The maximum Gasteiger partial charge on any atom is 0.229 e. The van der Waals surface area contributed by atoms with Crippen LogP contribution in [0.15, 0.2) is 40.9 Å². The summed E-state index contributed by atoms with van der Waals surface area (Å²) in [6.07, 6.45) is 0.167. The number of aryl methyl sites for hydroxylation is 1. The molecule has 0 saturated heterocycles. The van der Waals surface area contributed by atoms with Gasteiger partial charge in [0.1, 0.15) is 5.76 Å². The lowest BCUT2D eigenvalue weighted by molar-refractivity contribution is -0.115. The van der Waals surface area contributed by atoms with Gasteiger partial charge in [-0.3, -0.25) is 4.79 Å². The summed E-state index contributed by atoms with van der Waals surface area (Å²) in [6, 6.07) is 10.4. The van der Waals surface area contributed by atoms with Crippen LogP contribution < -0.4 is 20.1 Å². The minimum atomic E-state index is -0.218. The van der Waals surface area contributed by atoms with Crippen molar-refractivity contribution in [1.82, 2.24) is 15.4 Å². The zero-order valence-electron chi connectivity index (χ0n) is 15.1. The molecule has 1 aromatic carbocycles. The molecule has 2 aromatic heterocycles. The number of rotatable bonds is 7. The van der Waals surface area contributed by atoms with Gasteiger partial charge in [0.2, 0.25) is 5.91 Å². The van der Waals surface area contributed by atoms with E-state index in [4.69, 9.17) is 14.0 Å². The first-order valence-corrected chi connectivity index (χ1v) is 8.12. The Hall–Kier alpha value is -3.62.